The predicted octanol–water partition coefficient (Wildman–Crippen LogP) is 9.82. The quantitative estimate of drug-likeness (QED) is 0.0396. The van der Waals surface area contributed by atoms with Gasteiger partial charge in [-0.25, -0.2) is 0 Å². The van der Waals surface area contributed by atoms with Gasteiger partial charge in [0.1, 0.15) is 6.10 Å². The maximum absolute atomic E-state index is 12.5. The van der Waals surface area contributed by atoms with Crippen LogP contribution in [0.25, 0.3) is 0 Å². The Morgan fingerprint density at radius 3 is 1.11 bits per heavy atom. The van der Waals surface area contributed by atoms with E-state index in [0.29, 0.717) is 19.3 Å². The van der Waals surface area contributed by atoms with Crippen LogP contribution in [-0.2, 0) is 14.9 Å². The molecule has 4 N–H and O–H groups in total. The minimum absolute atomic E-state index is 0.303. The van der Waals surface area contributed by atoms with Gasteiger partial charge in [0, 0.05) is 0 Å². The van der Waals surface area contributed by atoms with E-state index >= 15 is 0 Å². The predicted molar refractivity (Wildman–Crippen MR) is 190 cm³/mol. The fraction of sp³-hybridized carbons (Fsp3) is 0.973. The van der Waals surface area contributed by atoms with Crippen molar-refractivity contribution in [1.29, 1.82) is 0 Å². The lowest BCUT2D eigenvalue weighted by molar-refractivity contribution is -0.131. The van der Waals surface area contributed by atoms with Crippen molar-refractivity contribution in [3.8, 4) is 0 Å². The summed E-state index contributed by atoms with van der Waals surface area (Å²) < 4.78 is 32.2. The van der Waals surface area contributed by atoms with Gasteiger partial charge in [0.15, 0.2) is 0 Å². The van der Waals surface area contributed by atoms with Gasteiger partial charge in [-0.1, -0.05) is 194 Å². The largest absolute Gasteiger partial charge is 0.391 e. The summed E-state index contributed by atoms with van der Waals surface area (Å²) in [5.74, 6) is -1.45. The molecule has 0 aromatic carbocycles. The maximum atomic E-state index is 12.5. The molecule has 0 bridgehead atoms. The number of hydrogen-bond acceptors (Lipinski definition) is 5. The molecule has 3 unspecified atom stereocenters. The van der Waals surface area contributed by atoms with Gasteiger partial charge in [-0.3, -0.25) is 9.35 Å². The van der Waals surface area contributed by atoms with Crippen LogP contribution in [0, 0.1) is 0 Å². The highest BCUT2D eigenvalue weighted by molar-refractivity contribution is 7.85. The first-order valence-electron chi connectivity index (χ1n) is 19.3. The van der Waals surface area contributed by atoms with Gasteiger partial charge < -0.3 is 15.5 Å². The standard InChI is InChI=1S/C37H75NO6S/c1-3-5-7-9-11-12-13-14-15-16-17-18-19-20-21-22-23-24-25-26-28-30-32-36(40)37(41)38-34(33-45(42,43)44)35(39)31-29-27-10-8-6-4-2/h34-36,39-40H,3-33H2,1-2H3,(H,38,41)(H,42,43,44). The number of aliphatic hydroxyl groups excluding tert-OH is 2. The summed E-state index contributed by atoms with van der Waals surface area (Å²) in [6.07, 6.45) is 33.2. The van der Waals surface area contributed by atoms with Crippen LogP contribution in [0.5, 0.6) is 0 Å². The SMILES string of the molecule is CCCCCCCCCCCCCCCCCCCCCCCCC(O)C(=O)NC(CS(=O)(=O)O)C(O)CCCCCCCC. The molecule has 1 amide bonds. The first-order chi connectivity index (χ1) is 21.7. The van der Waals surface area contributed by atoms with E-state index in [1.165, 1.54) is 128 Å². The smallest absolute Gasteiger partial charge is 0.266 e. The van der Waals surface area contributed by atoms with Crippen LogP contribution < -0.4 is 5.32 Å². The van der Waals surface area contributed by atoms with Gasteiger partial charge in [-0.05, 0) is 12.8 Å². The number of amides is 1. The fourth-order valence-corrected chi connectivity index (χ4v) is 6.93. The molecule has 8 heteroatoms. The minimum atomic E-state index is -4.39. The van der Waals surface area contributed by atoms with E-state index in [1.807, 2.05) is 0 Å². The molecule has 7 nitrogen and oxygen atoms in total. The lowest BCUT2D eigenvalue weighted by Gasteiger charge is -2.24. The van der Waals surface area contributed by atoms with Crippen molar-refractivity contribution in [3.05, 3.63) is 0 Å². The number of nitrogens with one attached hydrogen (secondary N) is 1. The van der Waals surface area contributed by atoms with Gasteiger partial charge in [-0.2, -0.15) is 8.42 Å². The molecule has 270 valence electrons. The molecule has 0 radical (unpaired) electrons. The molecule has 0 aliphatic rings. The molecule has 0 aromatic rings. The van der Waals surface area contributed by atoms with Crippen LogP contribution in [0.4, 0.5) is 0 Å². The van der Waals surface area contributed by atoms with E-state index in [1.54, 1.807) is 0 Å². The van der Waals surface area contributed by atoms with Gasteiger partial charge in [0.05, 0.1) is 17.9 Å². The van der Waals surface area contributed by atoms with Crippen LogP contribution in [0.2, 0.25) is 0 Å². The first kappa shape index (κ1) is 44.3. The molecule has 0 heterocycles. The number of carbonyl (C=O) groups excluding carboxylic acids is 1. The third kappa shape index (κ3) is 31.7. The maximum Gasteiger partial charge on any atom is 0.266 e. The van der Waals surface area contributed by atoms with Gasteiger partial charge in [0.25, 0.3) is 10.1 Å². The van der Waals surface area contributed by atoms with Crippen molar-refractivity contribution < 1.29 is 28.0 Å². The summed E-state index contributed by atoms with van der Waals surface area (Å²) in [5.41, 5.74) is 0. The molecule has 0 fully saturated rings. The average Bonchev–Trinajstić information content (AvgIpc) is 3.00. The molecule has 0 aliphatic carbocycles. The molecule has 0 rings (SSSR count). The van der Waals surface area contributed by atoms with Crippen LogP contribution in [0.1, 0.15) is 206 Å². The zero-order valence-corrected chi connectivity index (χ0v) is 30.4. The van der Waals surface area contributed by atoms with Crippen LogP contribution in [0.15, 0.2) is 0 Å². The molecule has 0 spiro atoms. The second-order valence-electron chi connectivity index (χ2n) is 13.7. The van der Waals surface area contributed by atoms with Gasteiger partial charge in [-0.15, -0.1) is 0 Å². The highest BCUT2D eigenvalue weighted by atomic mass is 32.2. The minimum Gasteiger partial charge on any atom is -0.391 e. The van der Waals surface area contributed by atoms with Crippen molar-refractivity contribution in [2.75, 3.05) is 5.75 Å². The third-order valence-corrected chi connectivity index (χ3v) is 9.95. The molecule has 45 heavy (non-hydrogen) atoms. The molecule has 0 aliphatic heterocycles. The Balaban J connectivity index is 3.75. The van der Waals surface area contributed by atoms with Crippen LogP contribution >= 0.6 is 0 Å². The summed E-state index contributed by atoms with van der Waals surface area (Å²) in [4.78, 5) is 12.5. The summed E-state index contributed by atoms with van der Waals surface area (Å²) in [6.45, 7) is 4.42. The molecule has 3 atom stereocenters. The zero-order valence-electron chi connectivity index (χ0n) is 29.6. The van der Waals surface area contributed by atoms with E-state index in [-0.39, 0.29) is 0 Å². The first-order valence-corrected chi connectivity index (χ1v) is 20.9. The van der Waals surface area contributed by atoms with Crippen molar-refractivity contribution in [1.82, 2.24) is 5.32 Å². The Morgan fingerprint density at radius 2 is 0.800 bits per heavy atom. The third-order valence-electron chi connectivity index (χ3n) is 9.17. The number of aliphatic hydroxyl groups is 2. The van der Waals surface area contributed by atoms with Crippen molar-refractivity contribution in [2.45, 2.75) is 225 Å². The highest BCUT2D eigenvalue weighted by Crippen LogP contribution is 2.16. The van der Waals surface area contributed by atoms with Gasteiger partial charge >= 0.3 is 0 Å². The Labute approximate surface area is 279 Å². The van der Waals surface area contributed by atoms with Crippen LogP contribution in [0.3, 0.4) is 0 Å². The Hall–Kier alpha value is -0.700. The second-order valence-corrected chi connectivity index (χ2v) is 15.2. The number of carbonyl (C=O) groups is 1. The van der Waals surface area contributed by atoms with Crippen molar-refractivity contribution in [2.24, 2.45) is 0 Å². The zero-order chi connectivity index (χ0) is 33.4. The van der Waals surface area contributed by atoms with E-state index in [9.17, 15) is 28.0 Å². The lowest BCUT2D eigenvalue weighted by atomic mass is 10.0. The fourth-order valence-electron chi connectivity index (χ4n) is 6.17. The number of unbranched alkanes of at least 4 members (excludes halogenated alkanes) is 26. The Morgan fingerprint density at radius 1 is 0.511 bits per heavy atom. The lowest BCUT2D eigenvalue weighted by Crippen LogP contribution is -2.50. The Kier molecular flexibility index (Phi) is 31.4. The van der Waals surface area contributed by atoms with Crippen molar-refractivity contribution >= 4 is 16.0 Å². The van der Waals surface area contributed by atoms with E-state index < -0.39 is 40.0 Å². The Bertz CT molecular complexity index is 747. The van der Waals surface area contributed by atoms with E-state index in [0.717, 1.165) is 44.9 Å². The summed E-state index contributed by atoms with van der Waals surface area (Å²) >= 11 is 0. The number of rotatable bonds is 35. The number of hydrogen-bond donors (Lipinski definition) is 4. The van der Waals surface area contributed by atoms with E-state index in [2.05, 4.69) is 19.2 Å². The summed E-state index contributed by atoms with van der Waals surface area (Å²) in [6, 6.07) is -1.14. The molecule has 0 saturated carbocycles. The second kappa shape index (κ2) is 31.9. The topological polar surface area (TPSA) is 124 Å². The molecule has 0 aromatic heterocycles. The molecule has 0 saturated heterocycles. The summed E-state index contributed by atoms with van der Waals surface area (Å²) in [5, 5.41) is 23.3. The monoisotopic (exact) mass is 662 g/mol. The molecular formula is C37H75NO6S. The van der Waals surface area contributed by atoms with Crippen molar-refractivity contribution in [3.63, 3.8) is 0 Å². The normalized spacial score (nSPS) is 14.0. The van der Waals surface area contributed by atoms with Gasteiger partial charge in [0.2, 0.25) is 5.91 Å². The van der Waals surface area contributed by atoms with E-state index in [4.69, 9.17) is 0 Å². The molecular weight excluding hydrogens is 586 g/mol. The average molecular weight is 662 g/mol. The highest BCUT2D eigenvalue weighted by Gasteiger charge is 2.28. The van der Waals surface area contributed by atoms with Crippen LogP contribution in [-0.4, -0.2) is 53.1 Å². The summed E-state index contributed by atoms with van der Waals surface area (Å²) in [7, 11) is -4.39.